The van der Waals surface area contributed by atoms with Crippen LogP contribution in [-0.4, -0.2) is 47.3 Å². The van der Waals surface area contributed by atoms with Gasteiger partial charge in [-0.2, -0.15) is 0 Å². The molecule has 1 atom stereocenters. The van der Waals surface area contributed by atoms with Crippen LogP contribution in [0.1, 0.15) is 30.4 Å². The lowest BCUT2D eigenvalue weighted by molar-refractivity contribution is -0.129. The zero-order valence-corrected chi connectivity index (χ0v) is 17.1. The van der Waals surface area contributed by atoms with Crippen LogP contribution in [0.3, 0.4) is 0 Å². The van der Waals surface area contributed by atoms with E-state index in [2.05, 4.69) is 34.5 Å². The van der Waals surface area contributed by atoms with E-state index in [0.29, 0.717) is 13.1 Å². The lowest BCUT2D eigenvalue weighted by atomic mass is 10.0. The number of hydrogen-bond donors (Lipinski definition) is 1. The summed E-state index contributed by atoms with van der Waals surface area (Å²) >= 11 is 0. The Kier molecular flexibility index (Phi) is 6.43. The Morgan fingerprint density at radius 3 is 2.33 bits per heavy atom. The van der Waals surface area contributed by atoms with Gasteiger partial charge in [-0.1, -0.05) is 42.5 Å². The molecule has 2 saturated heterocycles. The van der Waals surface area contributed by atoms with E-state index in [1.807, 2.05) is 6.07 Å². The first-order valence-corrected chi connectivity index (χ1v) is 10.7. The van der Waals surface area contributed by atoms with Crippen molar-refractivity contribution in [2.24, 2.45) is 5.92 Å². The molecule has 30 heavy (non-hydrogen) atoms. The van der Waals surface area contributed by atoms with Gasteiger partial charge in [0.2, 0.25) is 11.8 Å². The minimum absolute atomic E-state index is 0.0165. The third-order valence-electron chi connectivity index (χ3n) is 6.05. The first-order chi connectivity index (χ1) is 14.6. The van der Waals surface area contributed by atoms with Crippen molar-refractivity contribution >= 4 is 11.8 Å². The fourth-order valence-corrected chi connectivity index (χ4v) is 4.31. The molecule has 2 heterocycles. The summed E-state index contributed by atoms with van der Waals surface area (Å²) in [6.45, 7) is 3.70. The van der Waals surface area contributed by atoms with Crippen molar-refractivity contribution < 1.29 is 14.0 Å². The number of benzene rings is 2. The topological polar surface area (TPSA) is 52.7 Å². The molecule has 4 rings (SSSR count). The van der Waals surface area contributed by atoms with E-state index >= 15 is 0 Å². The number of piperidine rings is 1. The second-order valence-electron chi connectivity index (χ2n) is 8.35. The molecular formula is C24H28FN3O2. The number of hydrogen-bond acceptors (Lipinski definition) is 3. The zero-order valence-electron chi connectivity index (χ0n) is 17.1. The second-order valence-corrected chi connectivity index (χ2v) is 8.35. The molecule has 2 aliphatic heterocycles. The Morgan fingerprint density at radius 2 is 1.63 bits per heavy atom. The smallest absolute Gasteiger partial charge is 0.225 e. The van der Waals surface area contributed by atoms with Crippen molar-refractivity contribution in [1.82, 2.24) is 15.1 Å². The Bertz CT molecular complexity index is 864. The van der Waals surface area contributed by atoms with Gasteiger partial charge in [-0.25, -0.2) is 4.39 Å². The molecule has 6 heteroatoms. The maximum Gasteiger partial charge on any atom is 0.225 e. The van der Waals surface area contributed by atoms with Gasteiger partial charge in [-0.05, 0) is 36.1 Å². The van der Waals surface area contributed by atoms with E-state index in [-0.39, 0.29) is 36.0 Å². The summed E-state index contributed by atoms with van der Waals surface area (Å²) in [7, 11) is 0. The van der Waals surface area contributed by atoms with Crippen molar-refractivity contribution in [3.05, 3.63) is 71.5 Å². The van der Waals surface area contributed by atoms with Crippen molar-refractivity contribution in [2.45, 2.75) is 38.4 Å². The Hall–Kier alpha value is -2.73. The first kappa shape index (κ1) is 20.5. The summed E-state index contributed by atoms with van der Waals surface area (Å²) in [6, 6.07) is 16.7. The molecule has 158 valence electrons. The van der Waals surface area contributed by atoms with Crippen LogP contribution in [0.2, 0.25) is 0 Å². The summed E-state index contributed by atoms with van der Waals surface area (Å²) < 4.78 is 13.1. The number of likely N-dealkylation sites (tertiary alicyclic amines) is 2. The van der Waals surface area contributed by atoms with E-state index in [0.717, 1.165) is 38.0 Å². The molecule has 0 aromatic heterocycles. The molecule has 0 saturated carbocycles. The number of nitrogens with one attached hydrogen (secondary N) is 1. The lowest BCUT2D eigenvalue weighted by Gasteiger charge is -2.32. The number of carbonyl (C=O) groups excluding carboxylic acids is 2. The molecule has 5 nitrogen and oxygen atoms in total. The summed E-state index contributed by atoms with van der Waals surface area (Å²) in [6.07, 6.45) is 2.11. The molecule has 2 aromatic rings. The van der Waals surface area contributed by atoms with Gasteiger partial charge in [0.05, 0.1) is 5.92 Å². The maximum absolute atomic E-state index is 13.1. The summed E-state index contributed by atoms with van der Waals surface area (Å²) in [5.41, 5.74) is 2.18. The van der Waals surface area contributed by atoms with Gasteiger partial charge in [-0.3, -0.25) is 14.5 Å². The Balaban J connectivity index is 1.22. The molecule has 0 radical (unpaired) electrons. The number of halogens is 1. The molecule has 1 N–H and O–H groups in total. The zero-order chi connectivity index (χ0) is 20.9. The van der Waals surface area contributed by atoms with E-state index in [9.17, 15) is 14.0 Å². The molecule has 2 aromatic carbocycles. The molecule has 0 spiro atoms. The van der Waals surface area contributed by atoms with Crippen LogP contribution in [0.25, 0.3) is 0 Å². The van der Waals surface area contributed by atoms with E-state index in [1.165, 1.54) is 17.7 Å². The second kappa shape index (κ2) is 9.39. The minimum atomic E-state index is -0.305. The van der Waals surface area contributed by atoms with Crippen molar-refractivity contribution in [2.75, 3.05) is 19.6 Å². The molecule has 0 unspecified atom stereocenters. The summed E-state index contributed by atoms with van der Waals surface area (Å²) in [5.74, 6) is -0.637. The Morgan fingerprint density at radius 1 is 0.967 bits per heavy atom. The number of rotatable bonds is 6. The van der Waals surface area contributed by atoms with Crippen LogP contribution in [0, 0.1) is 11.7 Å². The predicted octanol–water partition coefficient (Wildman–Crippen LogP) is 2.96. The number of nitrogens with zero attached hydrogens (tertiary/aromatic N) is 2. The van der Waals surface area contributed by atoms with E-state index in [4.69, 9.17) is 0 Å². The van der Waals surface area contributed by atoms with Crippen molar-refractivity contribution in [3.8, 4) is 0 Å². The van der Waals surface area contributed by atoms with E-state index in [1.54, 1.807) is 17.0 Å². The molecule has 0 bridgehead atoms. The molecule has 2 aliphatic rings. The average Bonchev–Trinajstić information content (AvgIpc) is 3.12. The van der Waals surface area contributed by atoms with Crippen LogP contribution in [-0.2, 0) is 22.7 Å². The third kappa shape index (κ3) is 5.25. The lowest BCUT2D eigenvalue weighted by Crippen LogP contribution is -2.46. The van der Waals surface area contributed by atoms with Crippen LogP contribution >= 0.6 is 0 Å². The molecular weight excluding hydrogens is 381 g/mol. The van der Waals surface area contributed by atoms with Crippen LogP contribution in [0.15, 0.2) is 54.6 Å². The van der Waals surface area contributed by atoms with Gasteiger partial charge in [-0.15, -0.1) is 0 Å². The van der Waals surface area contributed by atoms with Gasteiger partial charge in [0.1, 0.15) is 5.82 Å². The summed E-state index contributed by atoms with van der Waals surface area (Å²) in [4.78, 5) is 29.2. The SMILES string of the molecule is O=C(NC1CCN(Cc2ccccc2)CC1)[C@H]1CC(=O)N(Cc2ccc(F)cc2)C1. The highest BCUT2D eigenvalue weighted by atomic mass is 19.1. The number of carbonyl (C=O) groups is 2. The van der Waals surface area contributed by atoms with Crippen molar-refractivity contribution in [3.63, 3.8) is 0 Å². The minimum Gasteiger partial charge on any atom is -0.353 e. The van der Waals surface area contributed by atoms with Gasteiger partial charge in [0.25, 0.3) is 0 Å². The maximum atomic E-state index is 13.1. The van der Waals surface area contributed by atoms with Crippen molar-refractivity contribution in [1.29, 1.82) is 0 Å². The average molecular weight is 410 g/mol. The summed E-state index contributed by atoms with van der Waals surface area (Å²) in [5, 5.41) is 3.16. The van der Waals surface area contributed by atoms with Gasteiger partial charge < -0.3 is 10.2 Å². The fraction of sp³-hybridized carbons (Fsp3) is 0.417. The largest absolute Gasteiger partial charge is 0.353 e. The highest BCUT2D eigenvalue weighted by Crippen LogP contribution is 2.22. The van der Waals surface area contributed by atoms with Gasteiger partial charge in [0, 0.05) is 45.2 Å². The number of amides is 2. The predicted molar refractivity (Wildman–Crippen MR) is 113 cm³/mol. The van der Waals surface area contributed by atoms with Gasteiger partial charge in [0.15, 0.2) is 0 Å². The highest BCUT2D eigenvalue weighted by Gasteiger charge is 2.35. The third-order valence-corrected chi connectivity index (χ3v) is 6.05. The highest BCUT2D eigenvalue weighted by molar-refractivity contribution is 5.89. The van der Waals surface area contributed by atoms with Gasteiger partial charge >= 0.3 is 0 Å². The molecule has 2 amide bonds. The monoisotopic (exact) mass is 409 g/mol. The quantitative estimate of drug-likeness (QED) is 0.798. The molecule has 2 fully saturated rings. The Labute approximate surface area is 176 Å². The van der Waals surface area contributed by atoms with Crippen LogP contribution in [0.5, 0.6) is 0 Å². The fourth-order valence-electron chi connectivity index (χ4n) is 4.31. The standard InChI is InChI=1S/C24H28FN3O2/c25-21-8-6-19(7-9-21)16-28-17-20(14-23(28)29)24(30)26-22-10-12-27(13-11-22)15-18-4-2-1-3-5-18/h1-9,20,22H,10-17H2,(H,26,30)/t20-/m0/s1. The van der Waals surface area contributed by atoms with Crippen LogP contribution in [0.4, 0.5) is 4.39 Å². The van der Waals surface area contributed by atoms with E-state index < -0.39 is 0 Å². The molecule has 0 aliphatic carbocycles. The normalized spacial score (nSPS) is 20.5. The van der Waals surface area contributed by atoms with Crippen LogP contribution < -0.4 is 5.32 Å². The first-order valence-electron chi connectivity index (χ1n) is 10.7.